The molecule has 0 unspecified atom stereocenters. The lowest BCUT2D eigenvalue weighted by atomic mass is 10.1. The largest absolute Gasteiger partial charge is 0.463 e. The number of rotatable bonds is 3. The highest BCUT2D eigenvalue weighted by Crippen LogP contribution is 2.26. The predicted octanol–water partition coefficient (Wildman–Crippen LogP) is 4.51. The molecule has 0 radical (unpaired) electrons. The van der Waals surface area contributed by atoms with Crippen LogP contribution in [-0.4, -0.2) is 15.9 Å². The van der Waals surface area contributed by atoms with E-state index < -0.39 is 0 Å². The SMILES string of the molecule is Cc1cnc(NC(=O)c2cc(-c3ccco3)nc3ccccc23)s1. The normalized spacial score (nSPS) is 10.9. The Morgan fingerprint density at radius 3 is 2.83 bits per heavy atom. The van der Waals surface area contributed by atoms with Gasteiger partial charge in [0.2, 0.25) is 0 Å². The zero-order valence-electron chi connectivity index (χ0n) is 12.8. The number of anilines is 1. The van der Waals surface area contributed by atoms with Gasteiger partial charge in [0, 0.05) is 16.5 Å². The third-order valence-electron chi connectivity index (χ3n) is 3.58. The quantitative estimate of drug-likeness (QED) is 0.598. The van der Waals surface area contributed by atoms with E-state index in [2.05, 4.69) is 15.3 Å². The van der Waals surface area contributed by atoms with Crippen molar-refractivity contribution in [1.82, 2.24) is 9.97 Å². The van der Waals surface area contributed by atoms with Crippen LogP contribution in [0.25, 0.3) is 22.4 Å². The van der Waals surface area contributed by atoms with Crippen molar-refractivity contribution >= 4 is 33.3 Å². The summed E-state index contributed by atoms with van der Waals surface area (Å²) in [5.41, 5.74) is 1.91. The molecule has 1 aromatic carbocycles. The van der Waals surface area contributed by atoms with Gasteiger partial charge in [0.15, 0.2) is 10.9 Å². The number of pyridine rings is 1. The molecule has 5 nitrogen and oxygen atoms in total. The van der Waals surface area contributed by atoms with Crippen LogP contribution >= 0.6 is 11.3 Å². The van der Waals surface area contributed by atoms with Crippen molar-refractivity contribution < 1.29 is 9.21 Å². The zero-order chi connectivity index (χ0) is 16.5. The minimum absolute atomic E-state index is 0.212. The van der Waals surface area contributed by atoms with E-state index in [1.807, 2.05) is 37.3 Å². The summed E-state index contributed by atoms with van der Waals surface area (Å²) in [7, 11) is 0. The Bertz CT molecular complexity index is 1020. The predicted molar refractivity (Wildman–Crippen MR) is 94.2 cm³/mol. The number of amides is 1. The summed E-state index contributed by atoms with van der Waals surface area (Å²) in [6, 6.07) is 12.9. The van der Waals surface area contributed by atoms with Crippen LogP contribution in [0.15, 0.2) is 59.3 Å². The molecule has 118 valence electrons. The molecular formula is C18H13N3O2S. The van der Waals surface area contributed by atoms with Gasteiger partial charge in [-0.15, -0.1) is 11.3 Å². The maximum absolute atomic E-state index is 12.8. The van der Waals surface area contributed by atoms with E-state index in [9.17, 15) is 4.79 Å². The maximum atomic E-state index is 12.8. The van der Waals surface area contributed by atoms with E-state index in [0.29, 0.717) is 22.1 Å². The average Bonchev–Trinajstić information content (AvgIpc) is 3.25. The van der Waals surface area contributed by atoms with Crippen molar-refractivity contribution in [3.05, 3.63) is 65.4 Å². The molecule has 3 heterocycles. The molecule has 0 bridgehead atoms. The molecule has 0 fully saturated rings. The molecule has 0 aliphatic rings. The van der Waals surface area contributed by atoms with Gasteiger partial charge in [0.1, 0.15) is 5.69 Å². The van der Waals surface area contributed by atoms with Gasteiger partial charge in [-0.2, -0.15) is 0 Å². The number of nitrogens with one attached hydrogen (secondary N) is 1. The molecule has 0 spiro atoms. The molecule has 3 aromatic heterocycles. The van der Waals surface area contributed by atoms with Gasteiger partial charge < -0.3 is 4.42 Å². The Hall–Kier alpha value is -2.99. The highest BCUT2D eigenvalue weighted by molar-refractivity contribution is 7.15. The smallest absolute Gasteiger partial charge is 0.258 e. The van der Waals surface area contributed by atoms with Crippen LogP contribution in [0.4, 0.5) is 5.13 Å². The third-order valence-corrected chi connectivity index (χ3v) is 4.40. The fraction of sp³-hybridized carbons (Fsp3) is 0.0556. The molecular weight excluding hydrogens is 322 g/mol. The molecule has 0 atom stereocenters. The Morgan fingerprint density at radius 1 is 1.21 bits per heavy atom. The van der Waals surface area contributed by atoms with Crippen molar-refractivity contribution in [1.29, 1.82) is 0 Å². The molecule has 0 aliphatic carbocycles. The molecule has 6 heteroatoms. The number of carbonyl (C=O) groups is 1. The van der Waals surface area contributed by atoms with Crippen LogP contribution in [-0.2, 0) is 0 Å². The second-order valence-electron chi connectivity index (χ2n) is 5.28. The standard InChI is InChI=1S/C18H13N3O2S/c1-11-10-19-18(24-11)21-17(22)13-9-15(16-7-4-8-23-16)20-14-6-3-2-5-12(13)14/h2-10H,1H3,(H,19,21,22). The lowest BCUT2D eigenvalue weighted by Crippen LogP contribution is -2.12. The fourth-order valence-corrected chi connectivity index (χ4v) is 3.15. The average molecular weight is 335 g/mol. The first-order valence-electron chi connectivity index (χ1n) is 7.38. The van der Waals surface area contributed by atoms with Crippen LogP contribution in [0.2, 0.25) is 0 Å². The van der Waals surface area contributed by atoms with E-state index in [-0.39, 0.29) is 5.91 Å². The molecule has 24 heavy (non-hydrogen) atoms. The van der Waals surface area contributed by atoms with Crippen LogP contribution in [0.1, 0.15) is 15.2 Å². The van der Waals surface area contributed by atoms with Gasteiger partial charge >= 0.3 is 0 Å². The van der Waals surface area contributed by atoms with Crippen molar-refractivity contribution in [2.45, 2.75) is 6.92 Å². The van der Waals surface area contributed by atoms with Gasteiger partial charge in [-0.25, -0.2) is 9.97 Å². The van der Waals surface area contributed by atoms with E-state index in [1.165, 1.54) is 11.3 Å². The zero-order valence-corrected chi connectivity index (χ0v) is 13.6. The van der Waals surface area contributed by atoms with Crippen LogP contribution in [0, 0.1) is 6.92 Å². The molecule has 0 aliphatic heterocycles. The lowest BCUT2D eigenvalue weighted by Gasteiger charge is -2.08. The minimum atomic E-state index is -0.212. The number of nitrogens with zero attached hydrogens (tertiary/aromatic N) is 2. The Kier molecular flexibility index (Phi) is 3.59. The van der Waals surface area contributed by atoms with E-state index in [0.717, 1.165) is 15.8 Å². The molecule has 4 rings (SSSR count). The van der Waals surface area contributed by atoms with Crippen molar-refractivity contribution in [3.8, 4) is 11.5 Å². The third kappa shape index (κ3) is 2.68. The van der Waals surface area contributed by atoms with Crippen LogP contribution < -0.4 is 5.32 Å². The first-order valence-corrected chi connectivity index (χ1v) is 8.20. The second-order valence-corrected chi connectivity index (χ2v) is 6.51. The monoisotopic (exact) mass is 335 g/mol. The minimum Gasteiger partial charge on any atom is -0.463 e. The molecule has 1 amide bonds. The summed E-state index contributed by atoms with van der Waals surface area (Å²) >= 11 is 1.44. The number of benzene rings is 1. The van der Waals surface area contributed by atoms with Crippen LogP contribution in [0.3, 0.4) is 0 Å². The highest BCUT2D eigenvalue weighted by Gasteiger charge is 2.16. The fourth-order valence-electron chi connectivity index (χ4n) is 2.49. The number of aromatic nitrogens is 2. The first-order chi connectivity index (χ1) is 11.7. The first kappa shape index (κ1) is 14.6. The Morgan fingerprint density at radius 2 is 2.08 bits per heavy atom. The number of para-hydroxylation sites is 1. The number of hydrogen-bond acceptors (Lipinski definition) is 5. The van der Waals surface area contributed by atoms with E-state index in [4.69, 9.17) is 4.42 Å². The molecule has 1 N–H and O–H groups in total. The lowest BCUT2D eigenvalue weighted by molar-refractivity contribution is 0.102. The Labute approximate surface area is 142 Å². The number of thiazole rings is 1. The number of fused-ring (bicyclic) bond motifs is 1. The summed E-state index contributed by atoms with van der Waals surface area (Å²) in [6.45, 7) is 1.95. The van der Waals surface area contributed by atoms with Gasteiger partial charge in [-0.1, -0.05) is 18.2 Å². The number of aryl methyl sites for hydroxylation is 1. The summed E-state index contributed by atoms with van der Waals surface area (Å²) < 4.78 is 5.42. The maximum Gasteiger partial charge on any atom is 0.258 e. The summed E-state index contributed by atoms with van der Waals surface area (Å²) in [6.07, 6.45) is 3.32. The van der Waals surface area contributed by atoms with Crippen molar-refractivity contribution in [2.24, 2.45) is 0 Å². The summed E-state index contributed by atoms with van der Waals surface area (Å²) in [5, 5.41) is 4.23. The number of furan rings is 1. The van der Waals surface area contributed by atoms with Gasteiger partial charge in [0.25, 0.3) is 5.91 Å². The summed E-state index contributed by atoms with van der Waals surface area (Å²) in [5.74, 6) is 0.413. The Balaban J connectivity index is 1.82. The number of carbonyl (C=O) groups excluding carboxylic acids is 1. The highest BCUT2D eigenvalue weighted by atomic mass is 32.1. The van der Waals surface area contributed by atoms with Crippen LogP contribution in [0.5, 0.6) is 0 Å². The van der Waals surface area contributed by atoms with Gasteiger partial charge in [0.05, 0.1) is 17.3 Å². The topological polar surface area (TPSA) is 68.0 Å². The van der Waals surface area contributed by atoms with E-state index in [1.54, 1.807) is 24.6 Å². The molecule has 0 saturated heterocycles. The molecule has 4 aromatic rings. The van der Waals surface area contributed by atoms with Crippen molar-refractivity contribution in [3.63, 3.8) is 0 Å². The van der Waals surface area contributed by atoms with Crippen molar-refractivity contribution in [2.75, 3.05) is 5.32 Å². The second kappa shape index (κ2) is 5.90. The summed E-state index contributed by atoms with van der Waals surface area (Å²) in [4.78, 5) is 22.6. The number of hydrogen-bond donors (Lipinski definition) is 1. The molecule has 0 saturated carbocycles. The van der Waals surface area contributed by atoms with E-state index >= 15 is 0 Å². The van der Waals surface area contributed by atoms with Gasteiger partial charge in [-0.05, 0) is 31.2 Å². The van der Waals surface area contributed by atoms with Gasteiger partial charge in [-0.3, -0.25) is 10.1 Å².